The fourth-order valence-electron chi connectivity index (χ4n) is 1.35. The fraction of sp³-hybridized carbons (Fsp3) is 0.400. The third-order valence-corrected chi connectivity index (χ3v) is 3.72. The Kier molecular flexibility index (Phi) is 5.05. The summed E-state index contributed by atoms with van der Waals surface area (Å²) < 4.78 is 26.3. The van der Waals surface area contributed by atoms with Crippen LogP contribution in [0.4, 0.5) is 5.69 Å². The lowest BCUT2D eigenvalue weighted by molar-refractivity contribution is -0.118. The molecule has 0 fully saturated rings. The number of nitrogens with two attached hydrogens (primary N) is 1. The Morgan fingerprint density at radius 1 is 1.50 bits per heavy atom. The quantitative estimate of drug-likeness (QED) is 0.588. The number of hydrogen-bond donors (Lipinski definition) is 3. The summed E-state index contributed by atoms with van der Waals surface area (Å²) in [6.07, 6.45) is 3.28. The molecule has 1 aromatic heterocycles. The van der Waals surface area contributed by atoms with Gasteiger partial charge in [-0.1, -0.05) is 0 Å². The number of rotatable bonds is 7. The van der Waals surface area contributed by atoms with Gasteiger partial charge in [-0.25, -0.2) is 13.1 Å². The summed E-state index contributed by atoms with van der Waals surface area (Å²) in [4.78, 5) is 14.4. The highest BCUT2D eigenvalue weighted by molar-refractivity contribution is 7.89. The molecule has 0 saturated heterocycles. The van der Waals surface area contributed by atoms with Crippen LogP contribution in [-0.2, 0) is 14.8 Å². The highest BCUT2D eigenvalue weighted by Crippen LogP contribution is 2.18. The van der Waals surface area contributed by atoms with Crippen LogP contribution < -0.4 is 15.8 Å². The van der Waals surface area contributed by atoms with Crippen LogP contribution in [0.1, 0.15) is 12.8 Å². The molecule has 0 unspecified atom stereocenters. The molecule has 1 heterocycles. The second kappa shape index (κ2) is 6.31. The van der Waals surface area contributed by atoms with Crippen molar-refractivity contribution < 1.29 is 13.2 Å². The van der Waals surface area contributed by atoms with E-state index in [4.69, 9.17) is 5.73 Å². The highest BCUT2D eigenvalue weighted by Gasteiger charge is 2.17. The van der Waals surface area contributed by atoms with Gasteiger partial charge in [-0.05, 0) is 12.5 Å². The van der Waals surface area contributed by atoms with Gasteiger partial charge >= 0.3 is 0 Å². The molecule has 100 valence electrons. The number of hydrogen-bond acceptors (Lipinski definition) is 5. The number of amides is 1. The van der Waals surface area contributed by atoms with Crippen molar-refractivity contribution >= 4 is 21.6 Å². The Hall–Kier alpha value is -1.67. The first-order chi connectivity index (χ1) is 8.47. The number of pyridine rings is 1. The van der Waals surface area contributed by atoms with E-state index in [1.807, 2.05) is 0 Å². The van der Waals surface area contributed by atoms with Gasteiger partial charge in [0.2, 0.25) is 15.9 Å². The largest absolute Gasteiger partial charge is 0.387 e. The van der Waals surface area contributed by atoms with Crippen LogP contribution in [0.25, 0.3) is 0 Å². The average molecular weight is 272 g/mol. The maximum Gasteiger partial charge on any atom is 0.244 e. The maximum atomic E-state index is 11.9. The zero-order chi connectivity index (χ0) is 13.6. The lowest BCUT2D eigenvalue weighted by atomic mass is 10.3. The van der Waals surface area contributed by atoms with Crippen LogP contribution in [0.2, 0.25) is 0 Å². The van der Waals surface area contributed by atoms with Gasteiger partial charge in [-0.3, -0.25) is 9.78 Å². The molecule has 7 nitrogen and oxygen atoms in total. The van der Waals surface area contributed by atoms with E-state index in [0.29, 0.717) is 12.1 Å². The predicted molar refractivity (Wildman–Crippen MR) is 67.4 cm³/mol. The summed E-state index contributed by atoms with van der Waals surface area (Å²) in [5.74, 6) is -0.452. The van der Waals surface area contributed by atoms with Crippen molar-refractivity contribution in [3.05, 3.63) is 18.5 Å². The monoisotopic (exact) mass is 272 g/mol. The Balaban J connectivity index is 2.71. The summed E-state index contributed by atoms with van der Waals surface area (Å²) in [7, 11) is -2.00. The van der Waals surface area contributed by atoms with Crippen molar-refractivity contribution in [2.45, 2.75) is 17.7 Å². The molecule has 0 spiro atoms. The molecule has 0 aromatic carbocycles. The summed E-state index contributed by atoms with van der Waals surface area (Å²) in [5.41, 5.74) is 5.43. The number of carbonyl (C=O) groups excluding carboxylic acids is 1. The second-order valence-corrected chi connectivity index (χ2v) is 5.32. The molecule has 0 bridgehead atoms. The summed E-state index contributed by atoms with van der Waals surface area (Å²) >= 11 is 0. The van der Waals surface area contributed by atoms with Gasteiger partial charge in [0.25, 0.3) is 0 Å². The SMILES string of the molecule is CNc1ccncc1S(=O)(=O)NCCCC(N)=O. The molecule has 0 aliphatic carbocycles. The molecule has 0 aliphatic rings. The predicted octanol–water partition coefficient (Wildman–Crippen LogP) is -0.333. The lowest BCUT2D eigenvalue weighted by Crippen LogP contribution is -2.26. The van der Waals surface area contributed by atoms with E-state index in [2.05, 4.69) is 15.0 Å². The smallest absolute Gasteiger partial charge is 0.244 e. The number of anilines is 1. The molecule has 1 amide bonds. The molecular weight excluding hydrogens is 256 g/mol. The lowest BCUT2D eigenvalue weighted by Gasteiger charge is -2.10. The van der Waals surface area contributed by atoms with E-state index in [9.17, 15) is 13.2 Å². The van der Waals surface area contributed by atoms with Crippen molar-refractivity contribution in [3.8, 4) is 0 Å². The Morgan fingerprint density at radius 2 is 2.22 bits per heavy atom. The van der Waals surface area contributed by atoms with Crippen LogP contribution in [0.15, 0.2) is 23.4 Å². The molecule has 0 saturated carbocycles. The third-order valence-electron chi connectivity index (χ3n) is 2.24. The van der Waals surface area contributed by atoms with Crippen molar-refractivity contribution in [1.82, 2.24) is 9.71 Å². The first-order valence-electron chi connectivity index (χ1n) is 5.37. The fourth-order valence-corrected chi connectivity index (χ4v) is 2.58. The highest BCUT2D eigenvalue weighted by atomic mass is 32.2. The Morgan fingerprint density at radius 3 is 2.83 bits per heavy atom. The molecule has 18 heavy (non-hydrogen) atoms. The Bertz CT molecular complexity index is 516. The van der Waals surface area contributed by atoms with Crippen LogP contribution >= 0.6 is 0 Å². The van der Waals surface area contributed by atoms with Crippen LogP contribution in [0.5, 0.6) is 0 Å². The van der Waals surface area contributed by atoms with E-state index in [1.54, 1.807) is 13.1 Å². The minimum Gasteiger partial charge on any atom is -0.387 e. The number of aromatic nitrogens is 1. The van der Waals surface area contributed by atoms with E-state index in [1.165, 1.54) is 12.4 Å². The molecule has 0 atom stereocenters. The van der Waals surface area contributed by atoms with Crippen molar-refractivity contribution in [1.29, 1.82) is 0 Å². The third kappa shape index (κ3) is 3.97. The van der Waals surface area contributed by atoms with Gasteiger partial charge in [0.05, 0.1) is 5.69 Å². The number of carbonyl (C=O) groups is 1. The zero-order valence-corrected chi connectivity index (χ0v) is 10.8. The van der Waals surface area contributed by atoms with Gasteiger partial charge in [-0.2, -0.15) is 0 Å². The molecule has 1 rings (SSSR count). The van der Waals surface area contributed by atoms with E-state index in [-0.39, 0.29) is 17.9 Å². The number of sulfonamides is 1. The molecule has 4 N–H and O–H groups in total. The second-order valence-electron chi connectivity index (χ2n) is 3.59. The first-order valence-corrected chi connectivity index (χ1v) is 6.85. The topological polar surface area (TPSA) is 114 Å². The van der Waals surface area contributed by atoms with Gasteiger partial charge in [0.15, 0.2) is 0 Å². The van der Waals surface area contributed by atoms with Crippen molar-refractivity contribution in [2.75, 3.05) is 18.9 Å². The van der Waals surface area contributed by atoms with Crippen molar-refractivity contribution in [3.63, 3.8) is 0 Å². The van der Waals surface area contributed by atoms with Crippen molar-refractivity contribution in [2.24, 2.45) is 5.73 Å². The average Bonchev–Trinajstić information content (AvgIpc) is 2.34. The first kappa shape index (κ1) is 14.4. The molecule has 0 aliphatic heterocycles. The normalized spacial score (nSPS) is 11.2. The standard InChI is InChI=1S/C10H16N4O3S/c1-12-8-4-6-13-7-9(8)18(16,17)14-5-2-3-10(11)15/h4,6-7,14H,2-3,5H2,1H3,(H2,11,15)(H,12,13). The molecule has 1 aromatic rings. The van der Waals surface area contributed by atoms with Crippen LogP contribution in [-0.4, -0.2) is 32.9 Å². The Labute approximate surface area is 106 Å². The summed E-state index contributed by atoms with van der Waals surface area (Å²) in [6.45, 7) is 0.156. The van der Waals surface area contributed by atoms with Crippen LogP contribution in [0.3, 0.4) is 0 Å². The minimum atomic E-state index is -3.63. The summed E-state index contributed by atoms with van der Waals surface area (Å²) in [6, 6.07) is 1.57. The molecule has 8 heteroatoms. The molecule has 0 radical (unpaired) electrons. The maximum absolute atomic E-state index is 11.9. The zero-order valence-electron chi connectivity index (χ0n) is 10.0. The molecular formula is C10H16N4O3S. The minimum absolute atomic E-state index is 0.0755. The van der Waals surface area contributed by atoms with Gasteiger partial charge in [-0.15, -0.1) is 0 Å². The number of nitrogens with one attached hydrogen (secondary N) is 2. The van der Waals surface area contributed by atoms with E-state index in [0.717, 1.165) is 0 Å². The van der Waals surface area contributed by atoms with E-state index < -0.39 is 15.9 Å². The van der Waals surface area contributed by atoms with Gasteiger partial charge in [0, 0.05) is 32.4 Å². The van der Waals surface area contributed by atoms with Gasteiger partial charge in [0.1, 0.15) is 4.90 Å². The van der Waals surface area contributed by atoms with E-state index >= 15 is 0 Å². The van der Waals surface area contributed by atoms with Gasteiger partial charge < -0.3 is 11.1 Å². The van der Waals surface area contributed by atoms with Crippen LogP contribution in [0, 0.1) is 0 Å². The summed E-state index contributed by atoms with van der Waals surface area (Å²) in [5, 5.41) is 2.78. The number of primary amides is 1. The number of nitrogens with zero attached hydrogens (tertiary/aromatic N) is 1.